The number of aromatic hydroxyl groups is 1. The molecular formula is C23H31N3O2. The summed E-state index contributed by atoms with van der Waals surface area (Å²) >= 11 is 0. The Morgan fingerprint density at radius 3 is 2.61 bits per heavy atom. The average Bonchev–Trinajstić information content (AvgIpc) is 2.75. The molecule has 0 aliphatic carbocycles. The monoisotopic (exact) mass is 381 g/mol. The fourth-order valence-corrected chi connectivity index (χ4v) is 4.78. The maximum Gasteiger partial charge on any atom is 0.293 e. The van der Waals surface area contributed by atoms with Gasteiger partial charge in [-0.2, -0.15) is 0 Å². The summed E-state index contributed by atoms with van der Waals surface area (Å²) in [4.78, 5) is 15.4. The van der Waals surface area contributed by atoms with E-state index in [2.05, 4.69) is 10.2 Å². The number of nitrogens with one attached hydrogen (secondary N) is 1. The van der Waals surface area contributed by atoms with Crippen molar-refractivity contribution in [2.75, 3.05) is 19.6 Å². The Kier molecular flexibility index (Phi) is 6.13. The normalized spacial score (nSPS) is 21.6. The number of hydrogen-bond donors (Lipinski definition) is 2. The topological polar surface area (TPSA) is 57.5 Å². The summed E-state index contributed by atoms with van der Waals surface area (Å²) in [5.41, 5.74) is 1.56. The summed E-state index contributed by atoms with van der Waals surface area (Å²) in [5.74, 6) is -0.0748. The van der Waals surface area contributed by atoms with E-state index in [4.69, 9.17) is 0 Å². The van der Waals surface area contributed by atoms with Gasteiger partial charge in [-0.1, -0.05) is 36.8 Å². The van der Waals surface area contributed by atoms with Crippen LogP contribution in [0.4, 0.5) is 0 Å². The van der Waals surface area contributed by atoms with E-state index in [-0.39, 0.29) is 11.3 Å². The Balaban J connectivity index is 1.50. The molecule has 2 saturated heterocycles. The van der Waals surface area contributed by atoms with Gasteiger partial charge < -0.3 is 15.0 Å². The molecule has 1 unspecified atom stereocenters. The first-order valence-electron chi connectivity index (χ1n) is 10.6. The molecule has 2 N–H and O–H groups in total. The molecule has 0 amide bonds. The van der Waals surface area contributed by atoms with Crippen LogP contribution >= 0.6 is 0 Å². The molecule has 2 fully saturated rings. The number of pyridine rings is 1. The summed E-state index contributed by atoms with van der Waals surface area (Å²) in [7, 11) is 0. The van der Waals surface area contributed by atoms with Gasteiger partial charge in [0, 0.05) is 23.8 Å². The molecule has 2 aromatic rings. The standard InChI is InChI=1S/C23H31N3O2/c27-22-19(11-15-25(23(22)28)17-18-6-2-1-3-7-18)16-21-8-4-5-14-26(21)20-9-12-24-13-10-20/h1-3,6-7,11,15,20-21,24,27H,4-5,8-10,12-14,16-17H2. The lowest BCUT2D eigenvalue weighted by molar-refractivity contribution is 0.0759. The second-order valence-electron chi connectivity index (χ2n) is 8.18. The van der Waals surface area contributed by atoms with Crippen molar-refractivity contribution in [1.82, 2.24) is 14.8 Å². The van der Waals surface area contributed by atoms with Gasteiger partial charge in [0.05, 0.1) is 6.54 Å². The maximum absolute atomic E-state index is 12.7. The van der Waals surface area contributed by atoms with Crippen LogP contribution in [0.15, 0.2) is 47.4 Å². The third-order valence-electron chi connectivity index (χ3n) is 6.32. The van der Waals surface area contributed by atoms with Gasteiger partial charge in [-0.25, -0.2) is 0 Å². The number of aromatic nitrogens is 1. The summed E-state index contributed by atoms with van der Waals surface area (Å²) < 4.78 is 1.60. The Labute approximate surface area is 167 Å². The fourth-order valence-electron chi connectivity index (χ4n) is 4.78. The van der Waals surface area contributed by atoms with E-state index in [1.807, 2.05) is 42.6 Å². The van der Waals surface area contributed by atoms with E-state index in [0.29, 0.717) is 18.6 Å². The van der Waals surface area contributed by atoms with E-state index in [9.17, 15) is 9.90 Å². The number of nitrogens with zero attached hydrogens (tertiary/aromatic N) is 2. The van der Waals surface area contributed by atoms with Crippen molar-refractivity contribution in [2.24, 2.45) is 0 Å². The molecule has 4 rings (SSSR count). The van der Waals surface area contributed by atoms with Gasteiger partial charge in [0.15, 0.2) is 5.75 Å². The third-order valence-corrected chi connectivity index (χ3v) is 6.32. The quantitative estimate of drug-likeness (QED) is 0.836. The zero-order valence-corrected chi connectivity index (χ0v) is 16.5. The third kappa shape index (κ3) is 4.31. The summed E-state index contributed by atoms with van der Waals surface area (Å²) in [5, 5.41) is 14.1. The fraction of sp³-hybridized carbons (Fsp3) is 0.522. The lowest BCUT2D eigenvalue weighted by Gasteiger charge is -2.43. The van der Waals surface area contributed by atoms with Crippen molar-refractivity contribution < 1.29 is 5.11 Å². The molecule has 5 nitrogen and oxygen atoms in total. The van der Waals surface area contributed by atoms with Crippen molar-refractivity contribution in [3.8, 4) is 5.75 Å². The number of rotatable bonds is 5. The summed E-state index contributed by atoms with van der Waals surface area (Å²) in [6, 6.07) is 12.9. The highest BCUT2D eigenvalue weighted by molar-refractivity contribution is 5.30. The molecule has 28 heavy (non-hydrogen) atoms. The average molecular weight is 382 g/mol. The Morgan fingerprint density at radius 1 is 1.04 bits per heavy atom. The minimum atomic E-state index is -0.287. The molecule has 5 heteroatoms. The Morgan fingerprint density at radius 2 is 1.82 bits per heavy atom. The molecule has 0 radical (unpaired) electrons. The van der Waals surface area contributed by atoms with E-state index >= 15 is 0 Å². The molecule has 0 bridgehead atoms. The molecule has 0 saturated carbocycles. The predicted octanol–water partition coefficient (Wildman–Crippen LogP) is 2.75. The highest BCUT2D eigenvalue weighted by Crippen LogP contribution is 2.27. The van der Waals surface area contributed by atoms with Gasteiger partial charge in [0.1, 0.15) is 0 Å². The highest BCUT2D eigenvalue weighted by Gasteiger charge is 2.30. The van der Waals surface area contributed by atoms with Crippen molar-refractivity contribution >= 4 is 0 Å². The van der Waals surface area contributed by atoms with Crippen molar-refractivity contribution in [1.29, 1.82) is 0 Å². The minimum absolute atomic E-state index is 0.0748. The molecule has 0 spiro atoms. The van der Waals surface area contributed by atoms with Crippen LogP contribution < -0.4 is 10.9 Å². The van der Waals surface area contributed by atoms with Crippen molar-refractivity contribution in [3.63, 3.8) is 0 Å². The maximum atomic E-state index is 12.7. The zero-order valence-electron chi connectivity index (χ0n) is 16.5. The van der Waals surface area contributed by atoms with Crippen molar-refractivity contribution in [2.45, 2.75) is 57.2 Å². The number of hydrogen-bond acceptors (Lipinski definition) is 4. The smallest absolute Gasteiger partial charge is 0.293 e. The van der Waals surface area contributed by atoms with Crippen molar-refractivity contribution in [3.05, 3.63) is 64.1 Å². The Bertz CT molecular complexity index is 827. The van der Waals surface area contributed by atoms with E-state index in [1.165, 1.54) is 25.7 Å². The largest absolute Gasteiger partial charge is 0.503 e. The summed E-state index contributed by atoms with van der Waals surface area (Å²) in [6.07, 6.45) is 8.63. The molecule has 3 heterocycles. The Hall–Kier alpha value is -2.11. The highest BCUT2D eigenvalue weighted by atomic mass is 16.3. The van der Waals surface area contributed by atoms with Crippen LogP contribution in [0.3, 0.4) is 0 Å². The first-order valence-corrected chi connectivity index (χ1v) is 10.6. The summed E-state index contributed by atoms with van der Waals surface area (Å²) in [6.45, 7) is 3.81. The molecule has 1 aromatic carbocycles. The SMILES string of the molecule is O=c1c(O)c(CC2CCCCN2C2CCNCC2)ccn1Cc1ccccc1. The molecule has 150 valence electrons. The number of likely N-dealkylation sites (tertiary alicyclic amines) is 1. The van der Waals surface area contributed by atoms with Gasteiger partial charge in [0.25, 0.3) is 5.56 Å². The molecule has 1 aromatic heterocycles. The molecular weight excluding hydrogens is 350 g/mol. The van der Waals surface area contributed by atoms with Crippen LogP contribution in [0, 0.1) is 0 Å². The lowest BCUT2D eigenvalue weighted by Crippen LogP contribution is -2.51. The van der Waals surface area contributed by atoms with Crippen LogP contribution in [0.2, 0.25) is 0 Å². The van der Waals surface area contributed by atoms with Gasteiger partial charge in [-0.15, -0.1) is 0 Å². The molecule has 2 aliphatic rings. The van der Waals surface area contributed by atoms with Crippen LogP contribution in [-0.4, -0.2) is 46.3 Å². The van der Waals surface area contributed by atoms with Gasteiger partial charge in [0.2, 0.25) is 0 Å². The zero-order chi connectivity index (χ0) is 19.3. The van der Waals surface area contributed by atoms with Crippen LogP contribution in [0.25, 0.3) is 0 Å². The van der Waals surface area contributed by atoms with Crippen LogP contribution in [-0.2, 0) is 13.0 Å². The first kappa shape index (κ1) is 19.2. The number of piperidine rings is 2. The molecule has 2 aliphatic heterocycles. The van der Waals surface area contributed by atoms with E-state index < -0.39 is 0 Å². The van der Waals surface area contributed by atoms with E-state index in [0.717, 1.165) is 43.6 Å². The van der Waals surface area contributed by atoms with Crippen LogP contribution in [0.1, 0.15) is 43.2 Å². The van der Waals surface area contributed by atoms with Crippen LogP contribution in [0.5, 0.6) is 5.75 Å². The second-order valence-corrected chi connectivity index (χ2v) is 8.18. The van der Waals surface area contributed by atoms with Gasteiger partial charge in [-0.05, 0) is 63.4 Å². The lowest BCUT2D eigenvalue weighted by atomic mass is 9.91. The first-order chi connectivity index (χ1) is 13.7. The second kappa shape index (κ2) is 8.93. The van der Waals surface area contributed by atoms with Gasteiger partial charge >= 0.3 is 0 Å². The van der Waals surface area contributed by atoms with E-state index in [1.54, 1.807) is 4.57 Å². The minimum Gasteiger partial charge on any atom is -0.503 e. The van der Waals surface area contributed by atoms with Gasteiger partial charge in [-0.3, -0.25) is 9.69 Å². The molecule has 1 atom stereocenters. The predicted molar refractivity (Wildman–Crippen MR) is 112 cm³/mol. The number of benzene rings is 1.